The van der Waals surface area contributed by atoms with Gasteiger partial charge in [0.15, 0.2) is 6.79 Å². The molecule has 0 radical (unpaired) electrons. The second-order valence-corrected chi connectivity index (χ2v) is 6.49. The molecule has 0 unspecified atom stereocenters. The highest BCUT2D eigenvalue weighted by molar-refractivity contribution is 5.81. The molecular weight excluding hydrogens is 378 g/mol. The Labute approximate surface area is 166 Å². The topological polar surface area (TPSA) is 112 Å². The number of aryl methyl sites for hydroxylation is 1. The van der Waals surface area contributed by atoms with Crippen molar-refractivity contribution in [1.82, 2.24) is 15.0 Å². The molecule has 0 atom stereocenters. The first-order valence-corrected chi connectivity index (χ1v) is 9.14. The van der Waals surface area contributed by atoms with Crippen LogP contribution in [0.1, 0.15) is 5.56 Å². The molecule has 3 heterocycles. The highest BCUT2D eigenvalue weighted by atomic mass is 16.7. The molecule has 1 aromatic carbocycles. The Kier molecular flexibility index (Phi) is 5.54. The van der Waals surface area contributed by atoms with E-state index in [1.54, 1.807) is 19.1 Å². The lowest BCUT2D eigenvalue weighted by atomic mass is 10.2. The molecule has 0 amide bonds. The van der Waals surface area contributed by atoms with Gasteiger partial charge in [-0.15, -0.1) is 0 Å². The number of fused-ring (bicyclic) bond motifs is 1. The van der Waals surface area contributed by atoms with Gasteiger partial charge in [-0.25, -0.2) is 4.79 Å². The highest BCUT2D eigenvalue weighted by Gasteiger charge is 2.17. The average Bonchev–Trinajstić information content (AvgIpc) is 2.74. The summed E-state index contributed by atoms with van der Waals surface area (Å²) < 4.78 is 21.1. The summed E-state index contributed by atoms with van der Waals surface area (Å²) in [6, 6.07) is 7.38. The third-order valence-electron chi connectivity index (χ3n) is 4.37. The van der Waals surface area contributed by atoms with Crippen molar-refractivity contribution >= 4 is 28.6 Å². The molecule has 0 saturated carbocycles. The number of hydrogen-bond acceptors (Lipinski definition) is 10. The third-order valence-corrected chi connectivity index (χ3v) is 4.37. The molecule has 10 heteroatoms. The second kappa shape index (κ2) is 8.41. The monoisotopic (exact) mass is 399 g/mol. The number of methoxy groups -OCH3 is 1. The minimum atomic E-state index is -0.361. The van der Waals surface area contributed by atoms with E-state index in [0.717, 1.165) is 5.39 Å². The van der Waals surface area contributed by atoms with Crippen LogP contribution in [0.3, 0.4) is 0 Å². The fourth-order valence-electron chi connectivity index (χ4n) is 2.90. The first-order chi connectivity index (χ1) is 14.1. The quantitative estimate of drug-likeness (QED) is 0.487. The maximum absolute atomic E-state index is 11.8. The summed E-state index contributed by atoms with van der Waals surface area (Å²) in [5.41, 5.74) is 1.34. The van der Waals surface area contributed by atoms with Crippen molar-refractivity contribution in [3.05, 3.63) is 40.2 Å². The number of aromatic nitrogens is 3. The average molecular weight is 399 g/mol. The lowest BCUT2D eigenvalue weighted by Crippen LogP contribution is -2.37. The summed E-state index contributed by atoms with van der Waals surface area (Å²) in [5.74, 6) is 0.793. The Morgan fingerprint density at radius 3 is 2.79 bits per heavy atom. The standard InChI is InChI=1S/C19H21N5O5/c1-12-9-13-3-4-14(10-15(13)29-16(12)25)20-17-21-18(24-5-7-27-8-6-24)23-19(22-17)28-11-26-2/h3-4,9-10H,5-8,11H2,1-2H3,(H,20,21,22,23). The van der Waals surface area contributed by atoms with Crippen LogP contribution in [0.25, 0.3) is 11.0 Å². The number of benzene rings is 1. The van der Waals surface area contributed by atoms with Crippen LogP contribution in [0, 0.1) is 6.92 Å². The van der Waals surface area contributed by atoms with E-state index in [2.05, 4.69) is 20.3 Å². The van der Waals surface area contributed by atoms with Crippen LogP contribution in [-0.4, -0.2) is 55.2 Å². The Bertz CT molecular complexity index is 1060. The van der Waals surface area contributed by atoms with Gasteiger partial charge in [-0.1, -0.05) is 0 Å². The van der Waals surface area contributed by atoms with Gasteiger partial charge in [-0.05, 0) is 25.1 Å². The second-order valence-electron chi connectivity index (χ2n) is 6.49. The van der Waals surface area contributed by atoms with Crippen LogP contribution >= 0.6 is 0 Å². The zero-order chi connectivity index (χ0) is 20.2. The zero-order valence-corrected chi connectivity index (χ0v) is 16.2. The van der Waals surface area contributed by atoms with Gasteiger partial charge in [-0.2, -0.15) is 15.0 Å². The predicted octanol–water partition coefficient (Wildman–Crippen LogP) is 1.85. The normalized spacial score (nSPS) is 14.2. The van der Waals surface area contributed by atoms with E-state index in [9.17, 15) is 4.79 Å². The number of ether oxygens (including phenoxy) is 3. The van der Waals surface area contributed by atoms with E-state index in [1.165, 1.54) is 7.11 Å². The SMILES string of the molecule is COCOc1nc(Nc2ccc3cc(C)c(=O)oc3c2)nc(N2CCOCC2)n1. The number of morpholine rings is 1. The van der Waals surface area contributed by atoms with Crippen molar-refractivity contribution in [3.8, 4) is 6.01 Å². The maximum Gasteiger partial charge on any atom is 0.339 e. The molecule has 0 spiro atoms. The van der Waals surface area contributed by atoms with Crippen molar-refractivity contribution in [2.45, 2.75) is 6.92 Å². The molecule has 1 aliphatic heterocycles. The number of hydrogen-bond donors (Lipinski definition) is 1. The minimum Gasteiger partial charge on any atom is -0.436 e. The Morgan fingerprint density at radius 1 is 1.17 bits per heavy atom. The fraction of sp³-hybridized carbons (Fsp3) is 0.368. The summed E-state index contributed by atoms with van der Waals surface area (Å²) in [7, 11) is 1.52. The van der Waals surface area contributed by atoms with E-state index in [4.69, 9.17) is 18.6 Å². The highest BCUT2D eigenvalue weighted by Crippen LogP contribution is 2.23. The molecule has 1 N–H and O–H groups in total. The van der Waals surface area contributed by atoms with Crippen molar-refractivity contribution in [1.29, 1.82) is 0 Å². The van der Waals surface area contributed by atoms with Gasteiger partial charge in [-0.3, -0.25) is 0 Å². The van der Waals surface area contributed by atoms with Gasteiger partial charge < -0.3 is 28.8 Å². The van der Waals surface area contributed by atoms with E-state index in [0.29, 0.717) is 55.0 Å². The third kappa shape index (κ3) is 4.44. The van der Waals surface area contributed by atoms with Gasteiger partial charge in [0.05, 0.1) is 13.2 Å². The van der Waals surface area contributed by atoms with Gasteiger partial charge in [0.1, 0.15) is 5.58 Å². The molecule has 2 aromatic heterocycles. The largest absolute Gasteiger partial charge is 0.436 e. The van der Waals surface area contributed by atoms with Crippen LogP contribution in [0.4, 0.5) is 17.6 Å². The van der Waals surface area contributed by atoms with E-state index >= 15 is 0 Å². The van der Waals surface area contributed by atoms with E-state index in [-0.39, 0.29) is 18.4 Å². The Balaban J connectivity index is 1.65. The predicted molar refractivity (Wildman–Crippen MR) is 106 cm³/mol. The first kappa shape index (κ1) is 19.1. The summed E-state index contributed by atoms with van der Waals surface area (Å²) in [6.45, 7) is 4.29. The number of rotatable bonds is 6. The lowest BCUT2D eigenvalue weighted by molar-refractivity contribution is 0.0442. The zero-order valence-electron chi connectivity index (χ0n) is 16.2. The molecule has 0 bridgehead atoms. The molecule has 29 heavy (non-hydrogen) atoms. The van der Waals surface area contributed by atoms with Crippen molar-refractivity contribution in [2.24, 2.45) is 0 Å². The molecule has 152 valence electrons. The maximum atomic E-state index is 11.8. The molecule has 0 aliphatic carbocycles. The van der Waals surface area contributed by atoms with Crippen molar-refractivity contribution in [2.75, 3.05) is 50.4 Å². The van der Waals surface area contributed by atoms with Crippen LogP contribution in [0.5, 0.6) is 6.01 Å². The summed E-state index contributed by atoms with van der Waals surface area (Å²) in [4.78, 5) is 26.9. The molecule has 3 aromatic rings. The molecule has 10 nitrogen and oxygen atoms in total. The van der Waals surface area contributed by atoms with Gasteiger partial charge in [0, 0.05) is 42.9 Å². The van der Waals surface area contributed by atoms with Crippen molar-refractivity contribution in [3.63, 3.8) is 0 Å². The van der Waals surface area contributed by atoms with Gasteiger partial charge >= 0.3 is 11.6 Å². The number of nitrogens with zero attached hydrogens (tertiary/aromatic N) is 4. The molecular formula is C19H21N5O5. The Morgan fingerprint density at radius 2 is 2.00 bits per heavy atom. The fourth-order valence-corrected chi connectivity index (χ4v) is 2.90. The Hall–Kier alpha value is -3.24. The summed E-state index contributed by atoms with van der Waals surface area (Å²) in [6.07, 6.45) is 0. The van der Waals surface area contributed by atoms with Crippen LogP contribution in [-0.2, 0) is 9.47 Å². The molecule has 1 saturated heterocycles. The van der Waals surface area contributed by atoms with Gasteiger partial charge in [0.25, 0.3) is 0 Å². The van der Waals surface area contributed by atoms with Gasteiger partial charge in [0.2, 0.25) is 11.9 Å². The number of nitrogens with one attached hydrogen (secondary N) is 1. The molecule has 4 rings (SSSR count). The van der Waals surface area contributed by atoms with Crippen molar-refractivity contribution < 1.29 is 18.6 Å². The minimum absolute atomic E-state index is 0.0203. The number of anilines is 3. The van der Waals surface area contributed by atoms with Crippen LogP contribution in [0.2, 0.25) is 0 Å². The first-order valence-electron chi connectivity index (χ1n) is 9.14. The van der Waals surface area contributed by atoms with Crippen LogP contribution < -0.4 is 20.6 Å². The van der Waals surface area contributed by atoms with E-state index in [1.807, 2.05) is 17.0 Å². The summed E-state index contributed by atoms with van der Waals surface area (Å²) >= 11 is 0. The van der Waals surface area contributed by atoms with Crippen LogP contribution in [0.15, 0.2) is 33.5 Å². The smallest absolute Gasteiger partial charge is 0.339 e. The lowest BCUT2D eigenvalue weighted by Gasteiger charge is -2.27. The summed E-state index contributed by atoms with van der Waals surface area (Å²) in [5, 5.41) is 3.96. The molecule has 1 fully saturated rings. The molecule has 1 aliphatic rings. The van der Waals surface area contributed by atoms with E-state index < -0.39 is 0 Å².